The van der Waals surface area contributed by atoms with E-state index in [-0.39, 0.29) is 29.9 Å². The monoisotopic (exact) mass is 536 g/mol. The Morgan fingerprint density at radius 3 is 2.90 bits per heavy atom. The minimum absolute atomic E-state index is 0. The summed E-state index contributed by atoms with van der Waals surface area (Å²) in [5.74, 6) is 1.74. The van der Waals surface area contributed by atoms with Crippen molar-refractivity contribution in [2.45, 2.75) is 38.6 Å². The van der Waals surface area contributed by atoms with Gasteiger partial charge in [-0.3, -0.25) is 9.79 Å². The quantitative estimate of drug-likeness (QED) is 0.276. The van der Waals surface area contributed by atoms with Crippen molar-refractivity contribution in [3.05, 3.63) is 48.5 Å². The molecule has 1 saturated heterocycles. The van der Waals surface area contributed by atoms with Crippen LogP contribution in [0.1, 0.15) is 37.8 Å². The minimum atomic E-state index is 0. The highest BCUT2D eigenvalue weighted by molar-refractivity contribution is 14.0. The molecule has 2 aliphatic rings. The van der Waals surface area contributed by atoms with Gasteiger partial charge in [-0.1, -0.05) is 25.1 Å². The summed E-state index contributed by atoms with van der Waals surface area (Å²) in [7, 11) is 1.83. The lowest BCUT2D eigenvalue weighted by Gasteiger charge is -2.39. The second kappa shape index (κ2) is 11.0. The van der Waals surface area contributed by atoms with Crippen molar-refractivity contribution >= 4 is 41.5 Å². The van der Waals surface area contributed by atoms with Gasteiger partial charge in [0.2, 0.25) is 5.91 Å². The number of rotatable bonds is 5. The van der Waals surface area contributed by atoms with Gasteiger partial charge in [-0.2, -0.15) is 0 Å². The molecule has 31 heavy (non-hydrogen) atoms. The molecule has 2 aliphatic heterocycles. The van der Waals surface area contributed by atoms with E-state index in [1.165, 1.54) is 5.56 Å². The van der Waals surface area contributed by atoms with Crippen LogP contribution in [0.5, 0.6) is 0 Å². The molecule has 2 atom stereocenters. The number of piperidine rings is 1. The van der Waals surface area contributed by atoms with Crippen molar-refractivity contribution in [2.75, 3.05) is 38.1 Å². The molecule has 1 amide bonds. The Morgan fingerprint density at radius 2 is 2.13 bits per heavy atom. The molecule has 0 spiro atoms. The van der Waals surface area contributed by atoms with Gasteiger partial charge in [0.1, 0.15) is 0 Å². The SMILES string of the molecule is CN=C(NCCCC(=O)N1CCc2ccccc21)N1CCC(C)C(n2ccnc2)C1.I. The molecule has 1 N–H and O–H groups in total. The Hall–Kier alpha value is -2.10. The first-order valence-electron chi connectivity index (χ1n) is 11.0. The summed E-state index contributed by atoms with van der Waals surface area (Å²) in [4.78, 5) is 25.6. The van der Waals surface area contributed by atoms with Crippen molar-refractivity contribution in [1.82, 2.24) is 19.8 Å². The summed E-state index contributed by atoms with van der Waals surface area (Å²) in [6.07, 6.45) is 9.22. The number of para-hydroxylation sites is 1. The van der Waals surface area contributed by atoms with E-state index in [1.807, 2.05) is 48.9 Å². The largest absolute Gasteiger partial charge is 0.356 e. The van der Waals surface area contributed by atoms with Crippen LogP contribution >= 0.6 is 24.0 Å². The van der Waals surface area contributed by atoms with Crippen LogP contribution in [0.25, 0.3) is 0 Å². The summed E-state index contributed by atoms with van der Waals surface area (Å²) in [5, 5.41) is 3.47. The van der Waals surface area contributed by atoms with E-state index in [0.717, 1.165) is 57.1 Å². The molecule has 1 fully saturated rings. The summed E-state index contributed by atoms with van der Waals surface area (Å²) < 4.78 is 2.21. The van der Waals surface area contributed by atoms with E-state index in [1.54, 1.807) is 0 Å². The Morgan fingerprint density at radius 1 is 1.29 bits per heavy atom. The maximum atomic E-state index is 12.7. The average molecular weight is 536 g/mol. The van der Waals surface area contributed by atoms with Crippen LogP contribution in [-0.4, -0.2) is 59.5 Å². The lowest BCUT2D eigenvalue weighted by molar-refractivity contribution is -0.118. The van der Waals surface area contributed by atoms with Gasteiger partial charge >= 0.3 is 0 Å². The van der Waals surface area contributed by atoms with Crippen molar-refractivity contribution in [2.24, 2.45) is 10.9 Å². The molecule has 1 aromatic carbocycles. The molecule has 168 valence electrons. The van der Waals surface area contributed by atoms with Gasteiger partial charge in [-0.05, 0) is 36.8 Å². The molecular weight excluding hydrogens is 503 g/mol. The molecule has 0 aliphatic carbocycles. The van der Waals surface area contributed by atoms with Crippen molar-refractivity contribution in [3.8, 4) is 0 Å². The summed E-state index contributed by atoms with van der Waals surface area (Å²) in [5.41, 5.74) is 2.36. The number of amides is 1. The number of aliphatic imine (C=N–C) groups is 1. The molecule has 3 heterocycles. The Balaban J connectivity index is 0.00000272. The number of hydrogen-bond donors (Lipinski definition) is 1. The minimum Gasteiger partial charge on any atom is -0.356 e. The third-order valence-corrected chi connectivity index (χ3v) is 6.38. The highest BCUT2D eigenvalue weighted by Crippen LogP contribution is 2.28. The van der Waals surface area contributed by atoms with Gasteiger partial charge in [-0.25, -0.2) is 4.98 Å². The lowest BCUT2D eigenvalue weighted by atomic mass is 9.93. The molecule has 2 unspecified atom stereocenters. The standard InChI is InChI=1S/C23H32N6O.HI/c1-18-9-13-27(16-21(18)28-15-12-25-17-28)23(24-2)26-11-5-8-22(30)29-14-10-19-6-3-4-7-20(19)29;/h3-4,6-7,12,15,17-18,21H,5,8-11,13-14,16H2,1-2H3,(H,24,26);1H. The molecule has 4 rings (SSSR count). The van der Waals surface area contributed by atoms with E-state index in [4.69, 9.17) is 0 Å². The van der Waals surface area contributed by atoms with Crippen LogP contribution in [0.2, 0.25) is 0 Å². The van der Waals surface area contributed by atoms with Crippen LogP contribution in [0, 0.1) is 5.92 Å². The predicted octanol–water partition coefficient (Wildman–Crippen LogP) is 3.33. The van der Waals surface area contributed by atoms with E-state index in [0.29, 0.717) is 18.4 Å². The normalized spacial score (nSPS) is 20.9. The fourth-order valence-corrected chi connectivity index (χ4v) is 4.60. The summed E-state index contributed by atoms with van der Waals surface area (Å²) >= 11 is 0. The topological polar surface area (TPSA) is 65.8 Å². The van der Waals surface area contributed by atoms with Gasteiger partial charge in [0, 0.05) is 57.7 Å². The van der Waals surface area contributed by atoms with Gasteiger partial charge in [0.05, 0.1) is 12.4 Å². The van der Waals surface area contributed by atoms with Gasteiger partial charge < -0.3 is 19.7 Å². The number of imidazole rings is 1. The van der Waals surface area contributed by atoms with Crippen LogP contribution in [0.3, 0.4) is 0 Å². The number of guanidine groups is 1. The van der Waals surface area contributed by atoms with Crippen LogP contribution in [0.15, 0.2) is 48.0 Å². The Labute approximate surface area is 201 Å². The predicted molar refractivity (Wildman–Crippen MR) is 135 cm³/mol. The molecule has 2 aromatic rings. The van der Waals surface area contributed by atoms with Crippen LogP contribution in [0.4, 0.5) is 5.69 Å². The zero-order chi connectivity index (χ0) is 20.9. The number of halogens is 1. The second-order valence-corrected chi connectivity index (χ2v) is 8.29. The number of nitrogens with one attached hydrogen (secondary N) is 1. The number of hydrogen-bond acceptors (Lipinski definition) is 3. The van der Waals surface area contributed by atoms with Gasteiger partial charge in [-0.15, -0.1) is 24.0 Å². The van der Waals surface area contributed by atoms with Crippen molar-refractivity contribution in [3.63, 3.8) is 0 Å². The smallest absolute Gasteiger partial charge is 0.227 e. The summed E-state index contributed by atoms with van der Waals surface area (Å²) in [6, 6.07) is 8.61. The average Bonchev–Trinajstić information content (AvgIpc) is 3.44. The molecule has 8 heteroatoms. The summed E-state index contributed by atoms with van der Waals surface area (Å²) in [6.45, 7) is 5.76. The number of likely N-dealkylation sites (tertiary alicyclic amines) is 1. The zero-order valence-corrected chi connectivity index (χ0v) is 20.7. The molecule has 0 bridgehead atoms. The van der Waals surface area contributed by atoms with Crippen molar-refractivity contribution in [1.29, 1.82) is 0 Å². The number of carbonyl (C=O) groups excluding carboxylic acids is 1. The zero-order valence-electron chi connectivity index (χ0n) is 18.4. The first kappa shape index (κ1) is 23.6. The third-order valence-electron chi connectivity index (χ3n) is 6.38. The lowest BCUT2D eigenvalue weighted by Crippen LogP contribution is -2.49. The fourth-order valence-electron chi connectivity index (χ4n) is 4.60. The number of fused-ring (bicyclic) bond motifs is 1. The van der Waals surface area contributed by atoms with E-state index in [2.05, 4.69) is 37.8 Å². The highest BCUT2D eigenvalue weighted by Gasteiger charge is 2.29. The van der Waals surface area contributed by atoms with E-state index < -0.39 is 0 Å². The molecule has 7 nitrogen and oxygen atoms in total. The highest BCUT2D eigenvalue weighted by atomic mass is 127. The number of benzene rings is 1. The molecule has 1 aromatic heterocycles. The van der Waals surface area contributed by atoms with Crippen molar-refractivity contribution < 1.29 is 4.79 Å². The number of anilines is 1. The first-order valence-corrected chi connectivity index (χ1v) is 11.0. The fraction of sp³-hybridized carbons (Fsp3) is 0.522. The maximum Gasteiger partial charge on any atom is 0.227 e. The second-order valence-electron chi connectivity index (χ2n) is 8.29. The first-order chi connectivity index (χ1) is 14.7. The van der Waals surface area contributed by atoms with Crippen LogP contribution < -0.4 is 10.2 Å². The van der Waals surface area contributed by atoms with E-state index in [9.17, 15) is 4.79 Å². The molecule has 0 radical (unpaired) electrons. The van der Waals surface area contributed by atoms with E-state index >= 15 is 0 Å². The Kier molecular flexibility index (Phi) is 8.34. The molecule has 0 saturated carbocycles. The van der Waals surface area contributed by atoms with Gasteiger partial charge in [0.15, 0.2) is 5.96 Å². The maximum absolute atomic E-state index is 12.7. The number of aromatic nitrogens is 2. The van der Waals surface area contributed by atoms with Gasteiger partial charge in [0.25, 0.3) is 0 Å². The Bertz CT molecular complexity index is 884. The molecular formula is C23H33IN6O. The number of nitrogens with zero attached hydrogens (tertiary/aromatic N) is 5. The third kappa shape index (κ3) is 5.39. The number of carbonyl (C=O) groups is 1. The van der Waals surface area contributed by atoms with Crippen LogP contribution in [-0.2, 0) is 11.2 Å².